The van der Waals surface area contributed by atoms with Crippen molar-refractivity contribution in [1.82, 2.24) is 0 Å². The van der Waals surface area contributed by atoms with E-state index in [1.54, 1.807) is 0 Å². The highest BCUT2D eigenvalue weighted by atomic mass is 15.2. The van der Waals surface area contributed by atoms with Crippen molar-refractivity contribution >= 4 is 32.9 Å². The first-order chi connectivity index (χ1) is 27.4. The van der Waals surface area contributed by atoms with Crippen molar-refractivity contribution in [3.63, 3.8) is 0 Å². The van der Waals surface area contributed by atoms with Crippen LogP contribution in [0.25, 0.3) is 43.8 Å². The fraction of sp³-hybridized carbons (Fsp3) is 0.200. The smallest absolute Gasteiger partial charge is 0.0714 e. The lowest BCUT2D eigenvalue weighted by molar-refractivity contribution is 0.0863. The van der Waals surface area contributed by atoms with Gasteiger partial charge < -0.3 is 4.90 Å². The quantitative estimate of drug-likeness (QED) is 0.164. The van der Waals surface area contributed by atoms with E-state index in [2.05, 4.69) is 196 Å². The van der Waals surface area contributed by atoms with Gasteiger partial charge >= 0.3 is 0 Å². The van der Waals surface area contributed by atoms with E-state index in [9.17, 15) is 0 Å². The molecule has 56 heavy (non-hydrogen) atoms. The summed E-state index contributed by atoms with van der Waals surface area (Å²) in [6, 6.07) is 64.7. The van der Waals surface area contributed by atoms with E-state index in [4.69, 9.17) is 0 Å². The van der Waals surface area contributed by atoms with Gasteiger partial charge in [-0.25, -0.2) is 0 Å². The molecule has 3 aliphatic rings. The van der Waals surface area contributed by atoms with Gasteiger partial charge in [0.25, 0.3) is 0 Å². The van der Waals surface area contributed by atoms with Crippen LogP contribution in [0.3, 0.4) is 0 Å². The number of fused-ring (bicyclic) bond motifs is 9. The van der Waals surface area contributed by atoms with Crippen LogP contribution in [0.2, 0.25) is 0 Å². The monoisotopic (exact) mass is 721 g/mol. The van der Waals surface area contributed by atoms with Gasteiger partial charge in [-0.05, 0) is 140 Å². The minimum atomic E-state index is -0.475. The Morgan fingerprint density at radius 1 is 0.518 bits per heavy atom. The Labute approximate surface area is 331 Å². The molecule has 0 N–H and O–H groups in total. The molecule has 1 nitrogen and oxygen atoms in total. The van der Waals surface area contributed by atoms with E-state index < -0.39 is 5.41 Å². The standard InChI is InChI=1S/C55H47N/c1-37-20-25-44(26-21-37)56-51-31-24-39(34-41(51)36-53(2)32-12-13-33-54(53,56)3)40-23-28-48-50(35-40)55(42-15-6-4-7-16-42,43-17-8-5-9-18-43)49-30-29-46-45-19-11-10-14-38(45)22-27-47(46)52(48)49/h4-11,14-31,34-35H,12-13,32-33,36H2,1-3H3. The summed E-state index contributed by atoms with van der Waals surface area (Å²) in [5.74, 6) is 0. The van der Waals surface area contributed by atoms with Crippen molar-refractivity contribution < 1.29 is 0 Å². The van der Waals surface area contributed by atoms with Crippen LogP contribution in [0, 0.1) is 12.3 Å². The molecule has 0 spiro atoms. The normalized spacial score (nSPS) is 20.7. The zero-order valence-corrected chi connectivity index (χ0v) is 32.6. The molecule has 1 fully saturated rings. The Kier molecular flexibility index (Phi) is 7.33. The zero-order chi connectivity index (χ0) is 37.6. The van der Waals surface area contributed by atoms with Crippen molar-refractivity contribution in [2.24, 2.45) is 5.41 Å². The van der Waals surface area contributed by atoms with E-state index in [0.717, 1.165) is 6.42 Å². The number of benzene rings is 8. The first-order valence-corrected chi connectivity index (χ1v) is 20.6. The van der Waals surface area contributed by atoms with Crippen molar-refractivity contribution in [2.75, 3.05) is 4.90 Å². The first kappa shape index (κ1) is 33.4. The Balaban J connectivity index is 1.15. The summed E-state index contributed by atoms with van der Waals surface area (Å²) >= 11 is 0. The van der Waals surface area contributed by atoms with Gasteiger partial charge in [-0.15, -0.1) is 0 Å². The fourth-order valence-electron chi connectivity index (χ4n) is 11.4. The van der Waals surface area contributed by atoms with E-state index in [-0.39, 0.29) is 11.0 Å². The van der Waals surface area contributed by atoms with Gasteiger partial charge in [-0.1, -0.05) is 165 Å². The van der Waals surface area contributed by atoms with Crippen molar-refractivity contribution in [3.05, 3.63) is 203 Å². The van der Waals surface area contributed by atoms with Crippen LogP contribution >= 0.6 is 0 Å². The molecular weight excluding hydrogens is 675 g/mol. The van der Waals surface area contributed by atoms with E-state index >= 15 is 0 Å². The van der Waals surface area contributed by atoms with Crippen LogP contribution in [-0.2, 0) is 11.8 Å². The number of nitrogens with zero attached hydrogens (tertiary/aromatic N) is 1. The molecule has 2 atom stereocenters. The Bertz CT molecular complexity index is 2780. The van der Waals surface area contributed by atoms with Gasteiger partial charge in [0.05, 0.1) is 5.41 Å². The molecule has 0 aromatic heterocycles. The second kappa shape index (κ2) is 12.3. The summed E-state index contributed by atoms with van der Waals surface area (Å²) in [6.45, 7) is 7.30. The molecule has 8 aromatic rings. The highest BCUT2D eigenvalue weighted by Crippen LogP contribution is 2.60. The van der Waals surface area contributed by atoms with Crippen LogP contribution in [-0.4, -0.2) is 5.54 Å². The third-order valence-corrected chi connectivity index (χ3v) is 14.4. The maximum Gasteiger partial charge on any atom is 0.0714 e. The SMILES string of the molecule is Cc1ccc(N2c3ccc(-c4ccc5c(c4)C(c4ccccc4)(c4ccccc4)c4ccc6c(ccc7ccccc76)c4-5)cc3CC3(C)CCCCC23C)cc1. The van der Waals surface area contributed by atoms with Crippen molar-refractivity contribution in [1.29, 1.82) is 0 Å². The summed E-state index contributed by atoms with van der Waals surface area (Å²) in [7, 11) is 0. The summed E-state index contributed by atoms with van der Waals surface area (Å²) in [6.07, 6.45) is 6.17. The first-order valence-electron chi connectivity index (χ1n) is 20.6. The van der Waals surface area contributed by atoms with Crippen LogP contribution in [0.4, 0.5) is 11.4 Å². The lowest BCUT2D eigenvalue weighted by Gasteiger charge is -2.60. The average Bonchev–Trinajstić information content (AvgIpc) is 3.54. The number of rotatable bonds is 4. The number of hydrogen-bond acceptors (Lipinski definition) is 1. The Morgan fingerprint density at radius 2 is 1.18 bits per heavy atom. The van der Waals surface area contributed by atoms with Gasteiger partial charge in [-0.2, -0.15) is 0 Å². The van der Waals surface area contributed by atoms with Gasteiger partial charge in [-0.3, -0.25) is 0 Å². The lowest BCUT2D eigenvalue weighted by atomic mass is 9.57. The third kappa shape index (κ3) is 4.61. The average molecular weight is 722 g/mol. The van der Waals surface area contributed by atoms with Crippen LogP contribution in [0.15, 0.2) is 170 Å². The van der Waals surface area contributed by atoms with Crippen LogP contribution < -0.4 is 4.90 Å². The highest BCUT2D eigenvalue weighted by molar-refractivity contribution is 6.14. The summed E-state index contributed by atoms with van der Waals surface area (Å²) in [5.41, 5.74) is 15.8. The molecule has 272 valence electrons. The third-order valence-electron chi connectivity index (χ3n) is 14.4. The number of hydrogen-bond donors (Lipinski definition) is 0. The minimum Gasteiger partial charge on any atom is -0.335 e. The molecule has 8 aromatic carbocycles. The van der Waals surface area contributed by atoms with E-state index in [0.29, 0.717) is 0 Å². The molecule has 1 saturated carbocycles. The van der Waals surface area contributed by atoms with Crippen molar-refractivity contribution in [3.8, 4) is 22.3 Å². The fourth-order valence-corrected chi connectivity index (χ4v) is 11.4. The molecule has 0 bridgehead atoms. The summed E-state index contributed by atoms with van der Waals surface area (Å²) in [5, 5.41) is 5.21. The maximum absolute atomic E-state index is 2.72. The Morgan fingerprint density at radius 3 is 1.95 bits per heavy atom. The van der Waals surface area contributed by atoms with E-state index in [1.807, 2.05) is 0 Å². The second-order valence-electron chi connectivity index (χ2n) is 17.3. The van der Waals surface area contributed by atoms with Gasteiger partial charge in [0.15, 0.2) is 0 Å². The molecule has 0 amide bonds. The molecule has 1 heteroatoms. The predicted octanol–water partition coefficient (Wildman–Crippen LogP) is 14.4. The highest BCUT2D eigenvalue weighted by Gasteiger charge is 2.54. The molecule has 0 radical (unpaired) electrons. The summed E-state index contributed by atoms with van der Waals surface area (Å²) < 4.78 is 0. The predicted molar refractivity (Wildman–Crippen MR) is 236 cm³/mol. The Hall–Kier alpha value is -5.92. The topological polar surface area (TPSA) is 3.24 Å². The second-order valence-corrected chi connectivity index (χ2v) is 17.3. The van der Waals surface area contributed by atoms with Crippen molar-refractivity contribution in [2.45, 2.75) is 63.8 Å². The molecule has 1 aliphatic heterocycles. The lowest BCUT2D eigenvalue weighted by Crippen LogP contribution is -2.60. The molecule has 0 saturated heterocycles. The maximum atomic E-state index is 2.72. The summed E-state index contributed by atoms with van der Waals surface area (Å²) in [4.78, 5) is 2.72. The van der Waals surface area contributed by atoms with Gasteiger partial charge in [0.2, 0.25) is 0 Å². The van der Waals surface area contributed by atoms with Crippen LogP contribution in [0.1, 0.15) is 72.9 Å². The molecular formula is C55H47N. The number of aryl methyl sites for hydroxylation is 1. The zero-order valence-electron chi connectivity index (χ0n) is 32.6. The molecule has 2 unspecified atom stereocenters. The van der Waals surface area contributed by atoms with Crippen LogP contribution in [0.5, 0.6) is 0 Å². The molecule has 2 aliphatic carbocycles. The van der Waals surface area contributed by atoms with E-state index in [1.165, 1.54) is 114 Å². The molecule has 1 heterocycles. The number of anilines is 2. The van der Waals surface area contributed by atoms with Gasteiger partial charge in [0.1, 0.15) is 0 Å². The molecule has 11 rings (SSSR count). The van der Waals surface area contributed by atoms with Gasteiger partial charge in [0, 0.05) is 16.9 Å². The minimum absolute atomic E-state index is 0.0629. The largest absolute Gasteiger partial charge is 0.335 e.